The van der Waals surface area contributed by atoms with Crippen LogP contribution in [-0.2, 0) is 4.79 Å². The molecule has 0 heterocycles. The predicted octanol–water partition coefficient (Wildman–Crippen LogP) is 4.50. The molecule has 2 aromatic carbocycles. The Morgan fingerprint density at radius 3 is 2.54 bits per heavy atom. The highest BCUT2D eigenvalue weighted by Gasteiger charge is 2.07. The van der Waals surface area contributed by atoms with E-state index in [1.54, 1.807) is 6.21 Å². The van der Waals surface area contributed by atoms with E-state index < -0.39 is 0 Å². The van der Waals surface area contributed by atoms with Crippen molar-refractivity contribution in [3.63, 3.8) is 0 Å². The first-order chi connectivity index (χ1) is 12.5. The number of nitrogens with zero attached hydrogens (tertiary/aromatic N) is 1. The second-order valence-corrected chi connectivity index (χ2v) is 6.78. The number of amides is 1. The third-order valence-electron chi connectivity index (χ3n) is 3.58. The van der Waals surface area contributed by atoms with Crippen LogP contribution in [0.5, 0.6) is 11.5 Å². The molecule has 6 heteroatoms. The molecule has 0 fully saturated rings. The Balaban J connectivity index is 1.81. The van der Waals surface area contributed by atoms with Crippen LogP contribution in [0.15, 0.2) is 52.0 Å². The smallest absolute Gasteiger partial charge is 0.277 e. The van der Waals surface area contributed by atoms with Crippen LogP contribution in [0.25, 0.3) is 0 Å². The van der Waals surface area contributed by atoms with E-state index in [9.17, 15) is 4.79 Å². The summed E-state index contributed by atoms with van der Waals surface area (Å²) >= 11 is 3.47. The van der Waals surface area contributed by atoms with Gasteiger partial charge < -0.3 is 9.47 Å². The second kappa shape index (κ2) is 9.97. The molecule has 0 saturated carbocycles. The van der Waals surface area contributed by atoms with Crippen molar-refractivity contribution >= 4 is 28.1 Å². The second-order valence-electron chi connectivity index (χ2n) is 5.93. The lowest BCUT2D eigenvalue weighted by Crippen LogP contribution is -2.24. The number of carbonyl (C=O) groups excluding carboxylic acids is 1. The summed E-state index contributed by atoms with van der Waals surface area (Å²) in [5.74, 6) is 1.53. The number of carbonyl (C=O) groups is 1. The molecule has 0 spiro atoms. The molecular weight excluding hydrogens is 396 g/mol. The van der Waals surface area contributed by atoms with Crippen molar-refractivity contribution in [2.24, 2.45) is 5.10 Å². The molecule has 0 aliphatic heterocycles. The fourth-order valence-corrected chi connectivity index (χ4v) is 2.68. The number of benzene rings is 2. The minimum absolute atomic E-state index is 0.111. The average molecular weight is 419 g/mol. The van der Waals surface area contributed by atoms with E-state index in [0.29, 0.717) is 18.3 Å². The summed E-state index contributed by atoms with van der Waals surface area (Å²) in [4.78, 5) is 11.8. The molecule has 26 heavy (non-hydrogen) atoms. The van der Waals surface area contributed by atoms with Gasteiger partial charge in [0.25, 0.3) is 5.91 Å². The van der Waals surface area contributed by atoms with Gasteiger partial charge in [-0.3, -0.25) is 4.79 Å². The van der Waals surface area contributed by atoms with Crippen molar-refractivity contribution in [1.82, 2.24) is 5.43 Å². The van der Waals surface area contributed by atoms with Gasteiger partial charge in [-0.25, -0.2) is 5.43 Å². The van der Waals surface area contributed by atoms with Crippen molar-refractivity contribution in [3.05, 3.63) is 58.1 Å². The standard InChI is InChI=1S/C20H23BrN2O3/c1-4-25-17-8-5-15(6-9-17)12-22-23-20(24)13-26-19-10-7-16(14(2)3)11-18(19)21/h5-12,14H,4,13H2,1-3H3,(H,23,24)/b22-12+. The fraction of sp³-hybridized carbons (Fsp3) is 0.300. The van der Waals surface area contributed by atoms with E-state index in [1.165, 1.54) is 5.56 Å². The summed E-state index contributed by atoms with van der Waals surface area (Å²) in [5.41, 5.74) is 4.51. The molecule has 0 atom stereocenters. The molecule has 2 aromatic rings. The van der Waals surface area contributed by atoms with Gasteiger partial charge in [0.2, 0.25) is 0 Å². The molecule has 138 valence electrons. The Hall–Kier alpha value is -2.34. The maximum Gasteiger partial charge on any atom is 0.277 e. The molecule has 0 bridgehead atoms. The number of hydrazone groups is 1. The van der Waals surface area contributed by atoms with Crippen LogP contribution in [0.1, 0.15) is 37.8 Å². The molecule has 2 rings (SSSR count). The minimum atomic E-state index is -0.327. The van der Waals surface area contributed by atoms with Crippen LogP contribution in [-0.4, -0.2) is 25.3 Å². The first-order valence-corrected chi connectivity index (χ1v) is 9.26. The largest absolute Gasteiger partial charge is 0.494 e. The topological polar surface area (TPSA) is 59.9 Å². The SMILES string of the molecule is CCOc1ccc(/C=N/NC(=O)COc2ccc(C(C)C)cc2Br)cc1. The van der Waals surface area contributed by atoms with Gasteiger partial charge in [-0.05, 0) is 76.3 Å². The quantitative estimate of drug-likeness (QED) is 0.506. The monoisotopic (exact) mass is 418 g/mol. The third-order valence-corrected chi connectivity index (χ3v) is 4.20. The van der Waals surface area contributed by atoms with Crippen LogP contribution in [0.2, 0.25) is 0 Å². The fourth-order valence-electron chi connectivity index (χ4n) is 2.16. The maximum absolute atomic E-state index is 11.8. The van der Waals surface area contributed by atoms with Crippen molar-refractivity contribution < 1.29 is 14.3 Å². The highest BCUT2D eigenvalue weighted by atomic mass is 79.9. The normalized spacial score (nSPS) is 11.0. The van der Waals surface area contributed by atoms with Gasteiger partial charge >= 0.3 is 0 Å². The first-order valence-electron chi connectivity index (χ1n) is 8.46. The van der Waals surface area contributed by atoms with Crippen LogP contribution in [0.3, 0.4) is 0 Å². The zero-order valence-electron chi connectivity index (χ0n) is 15.2. The molecule has 0 aromatic heterocycles. The van der Waals surface area contributed by atoms with Crippen molar-refractivity contribution in [2.45, 2.75) is 26.7 Å². The molecule has 1 N–H and O–H groups in total. The van der Waals surface area contributed by atoms with Crippen molar-refractivity contribution in [3.8, 4) is 11.5 Å². The van der Waals surface area contributed by atoms with Gasteiger partial charge in [0.1, 0.15) is 11.5 Å². The molecule has 0 radical (unpaired) electrons. The summed E-state index contributed by atoms with van der Waals surface area (Å²) in [6.07, 6.45) is 1.57. The molecule has 0 unspecified atom stereocenters. The van der Waals surface area contributed by atoms with Gasteiger partial charge in [0, 0.05) is 0 Å². The first kappa shape index (κ1) is 20.0. The Kier molecular flexibility index (Phi) is 7.66. The Labute approximate surface area is 162 Å². The van der Waals surface area contributed by atoms with Crippen molar-refractivity contribution in [2.75, 3.05) is 13.2 Å². The van der Waals surface area contributed by atoms with E-state index in [2.05, 4.69) is 40.3 Å². The van der Waals surface area contributed by atoms with Crippen LogP contribution < -0.4 is 14.9 Å². The summed E-state index contributed by atoms with van der Waals surface area (Å²) in [6, 6.07) is 13.3. The molecule has 0 aliphatic carbocycles. The predicted molar refractivity (Wildman–Crippen MR) is 107 cm³/mol. The van der Waals surface area contributed by atoms with E-state index >= 15 is 0 Å². The number of halogens is 1. The van der Waals surface area contributed by atoms with E-state index in [-0.39, 0.29) is 12.5 Å². The zero-order valence-corrected chi connectivity index (χ0v) is 16.7. The molecular formula is C20H23BrN2O3. The Morgan fingerprint density at radius 2 is 1.92 bits per heavy atom. The van der Waals surface area contributed by atoms with Crippen LogP contribution in [0, 0.1) is 0 Å². The zero-order chi connectivity index (χ0) is 18.9. The number of nitrogens with one attached hydrogen (secondary N) is 1. The lowest BCUT2D eigenvalue weighted by molar-refractivity contribution is -0.123. The number of ether oxygens (including phenoxy) is 2. The molecule has 5 nitrogen and oxygen atoms in total. The van der Waals surface area contributed by atoms with E-state index in [4.69, 9.17) is 9.47 Å². The molecule has 0 saturated heterocycles. The van der Waals surface area contributed by atoms with Gasteiger partial charge in [-0.15, -0.1) is 0 Å². The van der Waals surface area contributed by atoms with E-state index in [1.807, 2.05) is 49.4 Å². The highest BCUT2D eigenvalue weighted by molar-refractivity contribution is 9.10. The van der Waals surface area contributed by atoms with E-state index in [0.717, 1.165) is 15.8 Å². The highest BCUT2D eigenvalue weighted by Crippen LogP contribution is 2.28. The summed E-state index contributed by atoms with van der Waals surface area (Å²) < 4.78 is 11.7. The summed E-state index contributed by atoms with van der Waals surface area (Å²) in [7, 11) is 0. The number of hydrogen-bond acceptors (Lipinski definition) is 4. The minimum Gasteiger partial charge on any atom is -0.494 e. The molecule has 1 amide bonds. The summed E-state index contributed by atoms with van der Waals surface area (Å²) in [5, 5.41) is 3.93. The third kappa shape index (κ3) is 6.19. The van der Waals surface area contributed by atoms with Gasteiger partial charge in [-0.1, -0.05) is 19.9 Å². The van der Waals surface area contributed by atoms with Gasteiger partial charge in [0.15, 0.2) is 6.61 Å². The average Bonchev–Trinajstić information content (AvgIpc) is 2.62. The Bertz CT molecular complexity index is 758. The number of rotatable bonds is 8. The molecule has 0 aliphatic rings. The maximum atomic E-state index is 11.8. The lowest BCUT2D eigenvalue weighted by atomic mass is 10.0. The van der Waals surface area contributed by atoms with Crippen LogP contribution >= 0.6 is 15.9 Å². The summed E-state index contributed by atoms with van der Waals surface area (Å²) in [6.45, 7) is 6.69. The lowest BCUT2D eigenvalue weighted by Gasteiger charge is -2.10. The number of hydrogen-bond donors (Lipinski definition) is 1. The van der Waals surface area contributed by atoms with Gasteiger partial charge in [-0.2, -0.15) is 5.10 Å². The Morgan fingerprint density at radius 1 is 1.19 bits per heavy atom. The van der Waals surface area contributed by atoms with Crippen LogP contribution in [0.4, 0.5) is 0 Å². The van der Waals surface area contributed by atoms with Gasteiger partial charge in [0.05, 0.1) is 17.3 Å². The van der Waals surface area contributed by atoms with Crippen molar-refractivity contribution in [1.29, 1.82) is 0 Å².